The minimum absolute atomic E-state index is 0.0834. The molecule has 0 aromatic heterocycles. The highest BCUT2D eigenvalue weighted by Gasteiger charge is 2.21. The van der Waals surface area contributed by atoms with E-state index in [9.17, 15) is 0 Å². The van der Waals surface area contributed by atoms with E-state index in [-0.39, 0.29) is 5.38 Å². The summed E-state index contributed by atoms with van der Waals surface area (Å²) in [4.78, 5) is 0. The first kappa shape index (κ1) is 15.1. The summed E-state index contributed by atoms with van der Waals surface area (Å²) < 4.78 is 6.23. The Kier molecular flexibility index (Phi) is 6.11. The third kappa shape index (κ3) is 3.77. The van der Waals surface area contributed by atoms with E-state index in [0.29, 0.717) is 10.9 Å². The van der Waals surface area contributed by atoms with E-state index in [4.69, 9.17) is 27.9 Å². The van der Waals surface area contributed by atoms with Crippen LogP contribution in [0.1, 0.15) is 37.6 Å². The van der Waals surface area contributed by atoms with Gasteiger partial charge in [0.15, 0.2) is 0 Å². The highest BCUT2D eigenvalue weighted by molar-refractivity contribution is 9.10. The summed E-state index contributed by atoms with van der Waals surface area (Å²) >= 11 is 16.0. The van der Waals surface area contributed by atoms with Crippen LogP contribution in [0.3, 0.4) is 0 Å². The first-order valence-electron chi connectivity index (χ1n) is 5.68. The minimum Gasteiger partial charge on any atom is -0.495 e. The minimum atomic E-state index is -0.0834. The van der Waals surface area contributed by atoms with Gasteiger partial charge in [-0.3, -0.25) is 0 Å². The highest BCUT2D eigenvalue weighted by atomic mass is 79.9. The predicted octanol–water partition coefficient (Wildman–Crippen LogP) is 5.83. The zero-order valence-corrected chi connectivity index (χ0v) is 13.4. The topological polar surface area (TPSA) is 9.23 Å². The second kappa shape index (κ2) is 6.86. The molecule has 1 aromatic carbocycles. The monoisotopic (exact) mass is 338 g/mol. The van der Waals surface area contributed by atoms with Gasteiger partial charge < -0.3 is 4.74 Å². The molecule has 17 heavy (non-hydrogen) atoms. The van der Waals surface area contributed by atoms with Gasteiger partial charge in [-0.15, -0.1) is 11.6 Å². The van der Waals surface area contributed by atoms with Crippen molar-refractivity contribution in [2.24, 2.45) is 5.92 Å². The maximum Gasteiger partial charge on any atom is 0.137 e. The van der Waals surface area contributed by atoms with Crippen molar-refractivity contribution in [3.8, 4) is 5.75 Å². The molecule has 2 unspecified atom stereocenters. The van der Waals surface area contributed by atoms with Gasteiger partial charge in [-0.2, -0.15) is 0 Å². The molecule has 4 heteroatoms. The molecule has 0 amide bonds. The first-order chi connectivity index (χ1) is 8.01. The van der Waals surface area contributed by atoms with E-state index >= 15 is 0 Å². The van der Waals surface area contributed by atoms with Crippen LogP contribution in [0.4, 0.5) is 0 Å². The number of halogens is 3. The van der Waals surface area contributed by atoms with Gasteiger partial charge >= 0.3 is 0 Å². The summed E-state index contributed by atoms with van der Waals surface area (Å²) in [5.41, 5.74) is 0.953. The van der Waals surface area contributed by atoms with Gasteiger partial charge in [0.1, 0.15) is 5.75 Å². The lowest BCUT2D eigenvalue weighted by Gasteiger charge is -2.21. The van der Waals surface area contributed by atoms with Crippen LogP contribution in [0.25, 0.3) is 0 Å². The van der Waals surface area contributed by atoms with Gasteiger partial charge in [-0.1, -0.05) is 31.9 Å². The van der Waals surface area contributed by atoms with E-state index in [1.807, 2.05) is 12.1 Å². The molecule has 0 aliphatic heterocycles. The Hall–Kier alpha value is 0.0800. The van der Waals surface area contributed by atoms with Gasteiger partial charge in [0.05, 0.1) is 17.0 Å². The molecule has 2 atom stereocenters. The highest BCUT2D eigenvalue weighted by Crippen LogP contribution is 2.42. The summed E-state index contributed by atoms with van der Waals surface area (Å²) in [7, 11) is 1.64. The molecule has 0 heterocycles. The average Bonchev–Trinajstić information content (AvgIpc) is 2.27. The van der Waals surface area contributed by atoms with Gasteiger partial charge in [0.2, 0.25) is 0 Å². The molecule has 96 valence electrons. The molecular formula is C13H17BrCl2O. The molecule has 1 aromatic rings. The Bertz CT molecular complexity index is 382. The zero-order chi connectivity index (χ0) is 13.0. The maximum absolute atomic E-state index is 6.50. The first-order valence-corrected chi connectivity index (χ1v) is 7.29. The Morgan fingerprint density at radius 1 is 1.41 bits per heavy atom. The van der Waals surface area contributed by atoms with Crippen molar-refractivity contribution in [1.82, 2.24) is 0 Å². The molecule has 0 bridgehead atoms. The van der Waals surface area contributed by atoms with Crippen LogP contribution in [0.15, 0.2) is 16.6 Å². The summed E-state index contributed by atoms with van der Waals surface area (Å²) in [6.45, 7) is 4.31. The van der Waals surface area contributed by atoms with E-state index in [0.717, 1.165) is 28.6 Å². The molecule has 0 saturated carbocycles. The average molecular weight is 340 g/mol. The molecule has 0 saturated heterocycles. The van der Waals surface area contributed by atoms with Crippen molar-refractivity contribution in [2.75, 3.05) is 7.11 Å². The van der Waals surface area contributed by atoms with Gasteiger partial charge in [-0.05, 0) is 40.4 Å². The predicted molar refractivity (Wildman–Crippen MR) is 78.4 cm³/mol. The molecule has 0 spiro atoms. The van der Waals surface area contributed by atoms with Crippen molar-refractivity contribution >= 4 is 39.1 Å². The summed E-state index contributed by atoms with van der Waals surface area (Å²) in [5.74, 6) is 1.17. The SMILES string of the molecule is CCCC(C)C(Cl)c1cc(Cl)cc(Br)c1OC. The van der Waals surface area contributed by atoms with Crippen LogP contribution in [0, 0.1) is 5.92 Å². The number of methoxy groups -OCH3 is 1. The maximum atomic E-state index is 6.50. The largest absolute Gasteiger partial charge is 0.495 e. The van der Waals surface area contributed by atoms with E-state index in [1.54, 1.807) is 7.11 Å². The van der Waals surface area contributed by atoms with Crippen LogP contribution in [0.5, 0.6) is 5.75 Å². The van der Waals surface area contributed by atoms with Crippen LogP contribution >= 0.6 is 39.1 Å². The molecular weight excluding hydrogens is 323 g/mol. The molecule has 1 rings (SSSR count). The third-order valence-corrected chi connectivity index (χ3v) is 4.25. The van der Waals surface area contributed by atoms with Crippen molar-refractivity contribution in [2.45, 2.75) is 32.1 Å². The normalized spacial score (nSPS) is 14.5. The van der Waals surface area contributed by atoms with Crippen LogP contribution < -0.4 is 4.74 Å². The van der Waals surface area contributed by atoms with Crippen LogP contribution in [-0.4, -0.2) is 7.11 Å². The Morgan fingerprint density at radius 2 is 2.06 bits per heavy atom. The fourth-order valence-corrected chi connectivity index (χ4v) is 3.19. The Labute approximate surface area is 122 Å². The van der Waals surface area contributed by atoms with Gasteiger partial charge in [0, 0.05) is 10.6 Å². The van der Waals surface area contributed by atoms with Crippen LogP contribution in [0.2, 0.25) is 5.02 Å². The van der Waals surface area contributed by atoms with E-state index in [2.05, 4.69) is 29.8 Å². The Morgan fingerprint density at radius 3 is 2.59 bits per heavy atom. The summed E-state index contributed by atoms with van der Waals surface area (Å²) in [6.07, 6.45) is 2.20. The molecule has 0 fully saturated rings. The Balaban J connectivity index is 3.11. The van der Waals surface area contributed by atoms with Gasteiger partial charge in [0.25, 0.3) is 0 Å². The van der Waals surface area contributed by atoms with Crippen molar-refractivity contribution in [3.05, 3.63) is 27.2 Å². The molecule has 1 nitrogen and oxygen atoms in total. The van der Waals surface area contributed by atoms with Crippen molar-refractivity contribution < 1.29 is 4.74 Å². The van der Waals surface area contributed by atoms with Crippen molar-refractivity contribution in [3.63, 3.8) is 0 Å². The third-order valence-electron chi connectivity index (χ3n) is 2.78. The second-order valence-corrected chi connectivity index (χ2v) is 5.94. The fourth-order valence-electron chi connectivity index (χ4n) is 1.91. The number of benzene rings is 1. The molecule has 0 aliphatic rings. The lowest BCUT2D eigenvalue weighted by Crippen LogP contribution is -2.06. The van der Waals surface area contributed by atoms with Crippen LogP contribution in [-0.2, 0) is 0 Å². The quantitative estimate of drug-likeness (QED) is 0.613. The summed E-state index contributed by atoms with van der Waals surface area (Å²) in [6, 6.07) is 3.70. The summed E-state index contributed by atoms with van der Waals surface area (Å²) in [5, 5.41) is 0.585. The zero-order valence-electron chi connectivity index (χ0n) is 10.3. The fraction of sp³-hybridized carbons (Fsp3) is 0.538. The number of alkyl halides is 1. The smallest absolute Gasteiger partial charge is 0.137 e. The number of hydrogen-bond acceptors (Lipinski definition) is 1. The number of ether oxygens (including phenoxy) is 1. The standard InChI is InChI=1S/C13H17BrCl2O/c1-4-5-8(2)12(16)10-6-9(15)7-11(14)13(10)17-3/h6-8,12H,4-5H2,1-3H3. The van der Waals surface area contributed by atoms with Crippen molar-refractivity contribution in [1.29, 1.82) is 0 Å². The number of rotatable bonds is 5. The molecule has 0 aliphatic carbocycles. The van der Waals surface area contributed by atoms with E-state index in [1.165, 1.54) is 0 Å². The molecule has 0 radical (unpaired) electrons. The van der Waals surface area contributed by atoms with E-state index < -0.39 is 0 Å². The second-order valence-electron chi connectivity index (χ2n) is 4.18. The number of hydrogen-bond donors (Lipinski definition) is 0. The lowest BCUT2D eigenvalue weighted by atomic mass is 9.96. The molecule has 0 N–H and O–H groups in total. The lowest BCUT2D eigenvalue weighted by molar-refractivity contribution is 0.399. The van der Waals surface area contributed by atoms with Gasteiger partial charge in [-0.25, -0.2) is 0 Å².